The molecule has 2 N–H and O–H groups in total. The van der Waals surface area contributed by atoms with Crippen LogP contribution in [0.15, 0.2) is 16.7 Å². The summed E-state index contributed by atoms with van der Waals surface area (Å²) in [7, 11) is 2.17. The molecule has 0 bridgehead atoms. The van der Waals surface area contributed by atoms with Gasteiger partial charge in [-0.15, -0.1) is 0 Å². The molecular weight excluding hydrogens is 268 g/mol. The number of aromatic hydroxyl groups is 1. The van der Waals surface area contributed by atoms with E-state index in [4.69, 9.17) is 4.52 Å². The van der Waals surface area contributed by atoms with E-state index in [0.717, 1.165) is 29.8 Å². The summed E-state index contributed by atoms with van der Waals surface area (Å²) < 4.78 is 5.33. The summed E-state index contributed by atoms with van der Waals surface area (Å²) in [5, 5.41) is 24.1. The molecule has 0 saturated carbocycles. The van der Waals surface area contributed by atoms with E-state index in [-0.39, 0.29) is 12.4 Å². The third-order valence-electron chi connectivity index (χ3n) is 4.58. The number of aromatic nitrogens is 1. The van der Waals surface area contributed by atoms with Crippen LogP contribution in [-0.2, 0) is 13.0 Å². The van der Waals surface area contributed by atoms with E-state index in [2.05, 4.69) is 17.1 Å². The van der Waals surface area contributed by atoms with E-state index >= 15 is 0 Å². The number of aliphatic hydroxyl groups excluding tert-OH is 1. The fourth-order valence-electron chi connectivity index (χ4n) is 3.12. The van der Waals surface area contributed by atoms with Gasteiger partial charge >= 0.3 is 0 Å². The number of phenols is 1. The Labute approximate surface area is 124 Å². The van der Waals surface area contributed by atoms with Crippen molar-refractivity contribution in [2.75, 3.05) is 20.1 Å². The second-order valence-corrected chi connectivity index (χ2v) is 6.01. The molecule has 1 aliphatic heterocycles. The molecule has 1 aromatic carbocycles. The molecule has 1 fully saturated rings. The molecule has 2 heterocycles. The summed E-state index contributed by atoms with van der Waals surface area (Å²) in [6.07, 6.45) is 4.49. The molecule has 114 valence electrons. The molecule has 0 atom stereocenters. The number of rotatable bonds is 4. The Kier molecular flexibility index (Phi) is 4.12. The van der Waals surface area contributed by atoms with Crippen LogP contribution in [0.5, 0.6) is 5.75 Å². The lowest BCUT2D eigenvalue weighted by Crippen LogP contribution is -2.30. The Hall–Kier alpha value is -1.59. The highest BCUT2D eigenvalue weighted by Gasteiger charge is 2.19. The topological polar surface area (TPSA) is 69.7 Å². The zero-order chi connectivity index (χ0) is 14.8. The number of nitrogens with zero attached hydrogens (tertiary/aromatic N) is 2. The van der Waals surface area contributed by atoms with Crippen molar-refractivity contribution in [3.05, 3.63) is 23.4 Å². The lowest BCUT2D eigenvalue weighted by Gasteiger charge is -2.28. The molecule has 1 aliphatic rings. The molecule has 5 nitrogen and oxygen atoms in total. The van der Waals surface area contributed by atoms with Gasteiger partial charge in [-0.05, 0) is 63.9 Å². The standard InChI is InChI=1S/C16H22N2O3/c1-18-8-6-11(7-9-18)2-4-14-12-3-5-15(20)13(10-19)16(12)21-17-14/h3,5,11,19-20H,2,4,6-10H2,1H3. The van der Waals surface area contributed by atoms with Crippen LogP contribution in [0.2, 0.25) is 0 Å². The average Bonchev–Trinajstić information content (AvgIpc) is 2.90. The van der Waals surface area contributed by atoms with E-state index in [1.165, 1.54) is 25.9 Å². The minimum absolute atomic E-state index is 0.0583. The van der Waals surface area contributed by atoms with E-state index < -0.39 is 0 Å². The summed E-state index contributed by atoms with van der Waals surface area (Å²) in [6, 6.07) is 3.43. The molecule has 3 rings (SSSR count). The smallest absolute Gasteiger partial charge is 0.176 e. The Morgan fingerprint density at radius 3 is 2.81 bits per heavy atom. The van der Waals surface area contributed by atoms with Crippen molar-refractivity contribution in [2.45, 2.75) is 32.3 Å². The van der Waals surface area contributed by atoms with Crippen LogP contribution in [0, 0.1) is 5.92 Å². The van der Waals surface area contributed by atoms with E-state index in [1.807, 2.05) is 6.07 Å². The Morgan fingerprint density at radius 1 is 1.33 bits per heavy atom. The Balaban J connectivity index is 1.73. The number of fused-ring (bicyclic) bond motifs is 1. The normalized spacial score (nSPS) is 17.6. The molecular formula is C16H22N2O3. The number of aliphatic hydroxyl groups is 1. The summed E-state index contributed by atoms with van der Waals surface area (Å²) in [5.41, 5.74) is 1.86. The van der Waals surface area contributed by atoms with Crippen molar-refractivity contribution in [1.29, 1.82) is 0 Å². The zero-order valence-corrected chi connectivity index (χ0v) is 12.4. The van der Waals surface area contributed by atoms with Crippen LogP contribution in [-0.4, -0.2) is 40.4 Å². The van der Waals surface area contributed by atoms with E-state index in [9.17, 15) is 10.2 Å². The number of likely N-dealkylation sites (tertiary alicyclic amines) is 1. The van der Waals surface area contributed by atoms with E-state index in [1.54, 1.807) is 6.07 Å². The van der Waals surface area contributed by atoms with Gasteiger partial charge in [-0.25, -0.2) is 0 Å². The van der Waals surface area contributed by atoms with Crippen molar-refractivity contribution in [1.82, 2.24) is 10.1 Å². The molecule has 0 unspecified atom stereocenters. The highest BCUT2D eigenvalue weighted by atomic mass is 16.5. The van der Waals surface area contributed by atoms with Crippen LogP contribution in [0.4, 0.5) is 0 Å². The fraction of sp³-hybridized carbons (Fsp3) is 0.562. The van der Waals surface area contributed by atoms with Gasteiger partial charge < -0.3 is 19.6 Å². The summed E-state index contributed by atoms with van der Waals surface area (Å²) in [4.78, 5) is 2.37. The van der Waals surface area contributed by atoms with Crippen LogP contribution in [0.25, 0.3) is 11.0 Å². The first-order valence-corrected chi connectivity index (χ1v) is 7.57. The average molecular weight is 290 g/mol. The van der Waals surface area contributed by atoms with Gasteiger partial charge in [0.25, 0.3) is 0 Å². The first kappa shape index (κ1) is 14.4. The second kappa shape index (κ2) is 6.03. The van der Waals surface area contributed by atoms with Gasteiger partial charge in [0, 0.05) is 5.39 Å². The zero-order valence-electron chi connectivity index (χ0n) is 12.4. The highest BCUT2D eigenvalue weighted by Crippen LogP contribution is 2.31. The van der Waals surface area contributed by atoms with Crippen molar-refractivity contribution in [3.8, 4) is 5.75 Å². The lowest BCUT2D eigenvalue weighted by atomic mass is 9.91. The quantitative estimate of drug-likeness (QED) is 0.904. The SMILES string of the molecule is CN1CCC(CCc2noc3c(CO)c(O)ccc23)CC1. The molecule has 1 saturated heterocycles. The number of piperidine rings is 1. The minimum Gasteiger partial charge on any atom is -0.507 e. The molecule has 0 radical (unpaired) electrons. The summed E-state index contributed by atoms with van der Waals surface area (Å²) in [6.45, 7) is 2.10. The molecule has 1 aromatic heterocycles. The van der Waals surface area contributed by atoms with Gasteiger partial charge in [-0.2, -0.15) is 0 Å². The van der Waals surface area contributed by atoms with Gasteiger partial charge in [-0.3, -0.25) is 0 Å². The number of benzene rings is 1. The number of aryl methyl sites for hydroxylation is 1. The Morgan fingerprint density at radius 2 is 2.10 bits per heavy atom. The van der Waals surface area contributed by atoms with Crippen LogP contribution in [0.3, 0.4) is 0 Å². The van der Waals surface area contributed by atoms with Crippen molar-refractivity contribution < 1.29 is 14.7 Å². The number of hydrogen-bond acceptors (Lipinski definition) is 5. The largest absolute Gasteiger partial charge is 0.507 e. The van der Waals surface area contributed by atoms with Gasteiger partial charge in [0.05, 0.1) is 17.9 Å². The van der Waals surface area contributed by atoms with Gasteiger partial charge in [0.2, 0.25) is 0 Å². The van der Waals surface area contributed by atoms with Crippen LogP contribution in [0.1, 0.15) is 30.5 Å². The molecule has 0 spiro atoms. The maximum atomic E-state index is 9.72. The third-order valence-corrected chi connectivity index (χ3v) is 4.58. The Bertz CT molecular complexity index is 615. The first-order valence-electron chi connectivity index (χ1n) is 7.57. The van der Waals surface area contributed by atoms with Crippen molar-refractivity contribution >= 4 is 11.0 Å². The van der Waals surface area contributed by atoms with Gasteiger partial charge in [0.15, 0.2) is 5.58 Å². The molecule has 0 amide bonds. The van der Waals surface area contributed by atoms with Crippen LogP contribution >= 0.6 is 0 Å². The lowest BCUT2D eigenvalue weighted by molar-refractivity contribution is 0.212. The monoisotopic (exact) mass is 290 g/mol. The highest BCUT2D eigenvalue weighted by molar-refractivity contribution is 5.84. The van der Waals surface area contributed by atoms with Crippen molar-refractivity contribution in [3.63, 3.8) is 0 Å². The molecule has 21 heavy (non-hydrogen) atoms. The summed E-state index contributed by atoms with van der Waals surface area (Å²) in [5.74, 6) is 0.811. The minimum atomic E-state index is -0.243. The fourth-order valence-corrected chi connectivity index (χ4v) is 3.12. The number of hydrogen-bond donors (Lipinski definition) is 2. The molecule has 0 aliphatic carbocycles. The van der Waals surface area contributed by atoms with Crippen LogP contribution < -0.4 is 0 Å². The third kappa shape index (κ3) is 2.89. The van der Waals surface area contributed by atoms with E-state index in [0.29, 0.717) is 11.1 Å². The maximum Gasteiger partial charge on any atom is 0.176 e. The first-order chi connectivity index (χ1) is 10.2. The van der Waals surface area contributed by atoms with Gasteiger partial charge in [0.1, 0.15) is 5.75 Å². The van der Waals surface area contributed by atoms with Gasteiger partial charge in [-0.1, -0.05) is 5.16 Å². The summed E-state index contributed by atoms with van der Waals surface area (Å²) >= 11 is 0. The van der Waals surface area contributed by atoms with Crippen molar-refractivity contribution in [2.24, 2.45) is 5.92 Å². The maximum absolute atomic E-state index is 9.72. The molecule has 2 aromatic rings. The second-order valence-electron chi connectivity index (χ2n) is 6.01. The predicted molar refractivity (Wildman–Crippen MR) is 80.1 cm³/mol. The predicted octanol–water partition coefficient (Wildman–Crippen LogP) is 2.30. The molecule has 5 heteroatoms.